The van der Waals surface area contributed by atoms with Crippen molar-refractivity contribution in [3.8, 4) is 11.5 Å². The van der Waals surface area contributed by atoms with Gasteiger partial charge in [0.05, 0.1) is 19.6 Å². The van der Waals surface area contributed by atoms with Crippen molar-refractivity contribution >= 4 is 5.91 Å². The van der Waals surface area contributed by atoms with Crippen LogP contribution in [-0.4, -0.2) is 25.7 Å². The fraction of sp³-hybridized carbons (Fsp3) is 0.278. The normalized spacial score (nSPS) is 11.7. The van der Waals surface area contributed by atoms with Gasteiger partial charge in [-0.15, -0.1) is 0 Å². The molecule has 0 bridgehead atoms. The zero-order valence-corrected chi connectivity index (χ0v) is 13.5. The highest BCUT2D eigenvalue weighted by Gasteiger charge is 2.12. The van der Waals surface area contributed by atoms with Crippen LogP contribution in [-0.2, 0) is 11.2 Å². The standard InChI is InChI=1S/C18H19F2NO3/c1-12(11-24-17-8-7-14(19)10-15(17)20)21-18(22)9-13-5-3-4-6-16(13)23-2/h3-8,10,12H,9,11H2,1-2H3,(H,21,22)/t12-/m0/s1. The fourth-order valence-electron chi connectivity index (χ4n) is 2.20. The molecule has 0 saturated carbocycles. The van der Waals surface area contributed by atoms with Gasteiger partial charge >= 0.3 is 0 Å². The lowest BCUT2D eigenvalue weighted by atomic mass is 10.1. The first kappa shape index (κ1) is 17.7. The van der Waals surface area contributed by atoms with Gasteiger partial charge in [0.15, 0.2) is 11.6 Å². The van der Waals surface area contributed by atoms with Crippen LogP contribution in [0.1, 0.15) is 12.5 Å². The summed E-state index contributed by atoms with van der Waals surface area (Å²) in [7, 11) is 1.55. The molecule has 0 aliphatic rings. The van der Waals surface area contributed by atoms with Gasteiger partial charge in [0, 0.05) is 11.6 Å². The minimum Gasteiger partial charge on any atom is -0.496 e. The van der Waals surface area contributed by atoms with Crippen LogP contribution in [0.3, 0.4) is 0 Å². The Balaban J connectivity index is 1.85. The molecule has 0 unspecified atom stereocenters. The molecule has 4 nitrogen and oxygen atoms in total. The molecule has 0 heterocycles. The molecule has 0 spiro atoms. The van der Waals surface area contributed by atoms with Crippen LogP contribution in [0.15, 0.2) is 42.5 Å². The number of para-hydroxylation sites is 1. The van der Waals surface area contributed by atoms with Gasteiger partial charge in [-0.2, -0.15) is 0 Å². The van der Waals surface area contributed by atoms with Gasteiger partial charge in [0.1, 0.15) is 18.2 Å². The quantitative estimate of drug-likeness (QED) is 0.846. The van der Waals surface area contributed by atoms with Gasteiger partial charge in [0.2, 0.25) is 5.91 Å². The van der Waals surface area contributed by atoms with E-state index in [4.69, 9.17) is 9.47 Å². The minimum absolute atomic E-state index is 0.0535. The van der Waals surface area contributed by atoms with Crippen molar-refractivity contribution in [1.29, 1.82) is 0 Å². The molecule has 2 aromatic rings. The van der Waals surface area contributed by atoms with E-state index in [1.807, 2.05) is 18.2 Å². The predicted molar refractivity (Wildman–Crippen MR) is 86.2 cm³/mol. The van der Waals surface area contributed by atoms with Crippen LogP contribution >= 0.6 is 0 Å². The maximum absolute atomic E-state index is 13.5. The second kappa shape index (κ2) is 8.29. The first-order valence-corrected chi connectivity index (χ1v) is 7.48. The highest BCUT2D eigenvalue weighted by atomic mass is 19.1. The third kappa shape index (κ3) is 4.94. The first-order chi connectivity index (χ1) is 11.5. The lowest BCUT2D eigenvalue weighted by Crippen LogP contribution is -2.37. The zero-order valence-electron chi connectivity index (χ0n) is 13.5. The van der Waals surface area contributed by atoms with Crippen molar-refractivity contribution < 1.29 is 23.0 Å². The number of halogens is 2. The molecule has 0 aromatic heterocycles. The number of hydrogen-bond acceptors (Lipinski definition) is 3. The molecule has 2 aromatic carbocycles. The Morgan fingerprint density at radius 2 is 1.92 bits per heavy atom. The number of amides is 1. The van der Waals surface area contributed by atoms with Crippen LogP contribution in [0.5, 0.6) is 11.5 Å². The zero-order chi connectivity index (χ0) is 17.5. The summed E-state index contributed by atoms with van der Waals surface area (Å²) in [5.74, 6) is -1.05. The predicted octanol–water partition coefficient (Wildman–Crippen LogP) is 3.10. The number of nitrogens with one attached hydrogen (secondary N) is 1. The molecule has 128 valence electrons. The second-order valence-electron chi connectivity index (χ2n) is 5.34. The summed E-state index contributed by atoms with van der Waals surface area (Å²) in [5, 5.41) is 2.76. The summed E-state index contributed by atoms with van der Waals surface area (Å²) in [6, 6.07) is 10.00. The van der Waals surface area contributed by atoms with E-state index in [0.717, 1.165) is 17.7 Å². The Labute approximate surface area is 139 Å². The summed E-state index contributed by atoms with van der Waals surface area (Å²) in [4.78, 5) is 12.1. The van der Waals surface area contributed by atoms with Crippen LogP contribution in [0.25, 0.3) is 0 Å². The number of benzene rings is 2. The summed E-state index contributed by atoms with van der Waals surface area (Å²) in [6.07, 6.45) is 0.166. The van der Waals surface area contributed by atoms with Gasteiger partial charge < -0.3 is 14.8 Å². The molecule has 1 N–H and O–H groups in total. The van der Waals surface area contributed by atoms with E-state index in [1.165, 1.54) is 6.07 Å². The molecular weight excluding hydrogens is 316 g/mol. The molecule has 1 amide bonds. The van der Waals surface area contributed by atoms with E-state index >= 15 is 0 Å². The Bertz CT molecular complexity index is 706. The number of carbonyl (C=O) groups excluding carboxylic acids is 1. The van der Waals surface area contributed by atoms with Gasteiger partial charge in [0.25, 0.3) is 0 Å². The van der Waals surface area contributed by atoms with Crippen molar-refractivity contribution in [2.75, 3.05) is 13.7 Å². The van der Waals surface area contributed by atoms with Gasteiger partial charge in [-0.3, -0.25) is 4.79 Å². The molecule has 0 radical (unpaired) electrons. The SMILES string of the molecule is COc1ccccc1CC(=O)N[C@@H](C)COc1ccc(F)cc1F. The van der Waals surface area contributed by atoms with Crippen LogP contribution < -0.4 is 14.8 Å². The third-order valence-corrected chi connectivity index (χ3v) is 3.33. The Morgan fingerprint density at radius 3 is 2.62 bits per heavy atom. The number of methoxy groups -OCH3 is 1. The van der Waals surface area contributed by atoms with E-state index in [0.29, 0.717) is 5.75 Å². The van der Waals surface area contributed by atoms with Gasteiger partial charge in [-0.25, -0.2) is 8.78 Å². The maximum Gasteiger partial charge on any atom is 0.224 e. The average Bonchev–Trinajstić information content (AvgIpc) is 2.54. The first-order valence-electron chi connectivity index (χ1n) is 7.48. The van der Waals surface area contributed by atoms with Crippen molar-refractivity contribution in [3.63, 3.8) is 0 Å². The van der Waals surface area contributed by atoms with Crippen molar-refractivity contribution in [1.82, 2.24) is 5.32 Å². The molecule has 0 saturated heterocycles. The molecular formula is C18H19F2NO3. The largest absolute Gasteiger partial charge is 0.496 e. The van der Waals surface area contributed by atoms with E-state index in [1.54, 1.807) is 20.1 Å². The maximum atomic E-state index is 13.5. The number of carbonyl (C=O) groups is 1. The Kier molecular flexibility index (Phi) is 6.12. The Morgan fingerprint density at radius 1 is 1.17 bits per heavy atom. The highest BCUT2D eigenvalue weighted by Crippen LogP contribution is 2.19. The summed E-state index contributed by atoms with van der Waals surface area (Å²) < 4.78 is 36.8. The van der Waals surface area contributed by atoms with Crippen molar-refractivity contribution in [2.24, 2.45) is 0 Å². The van der Waals surface area contributed by atoms with E-state index in [2.05, 4.69) is 5.32 Å². The molecule has 0 aliphatic heterocycles. The van der Waals surface area contributed by atoms with Crippen molar-refractivity contribution in [2.45, 2.75) is 19.4 Å². The van der Waals surface area contributed by atoms with E-state index < -0.39 is 11.6 Å². The van der Waals surface area contributed by atoms with E-state index in [9.17, 15) is 13.6 Å². The lowest BCUT2D eigenvalue weighted by molar-refractivity contribution is -0.121. The van der Waals surface area contributed by atoms with Crippen LogP contribution in [0, 0.1) is 11.6 Å². The van der Waals surface area contributed by atoms with Gasteiger partial charge in [-0.05, 0) is 25.1 Å². The highest BCUT2D eigenvalue weighted by molar-refractivity contribution is 5.79. The smallest absolute Gasteiger partial charge is 0.224 e. The number of ether oxygens (including phenoxy) is 2. The Hall–Kier alpha value is -2.63. The number of hydrogen-bond donors (Lipinski definition) is 1. The van der Waals surface area contributed by atoms with E-state index in [-0.39, 0.29) is 30.7 Å². The molecule has 6 heteroatoms. The molecule has 2 rings (SSSR count). The fourth-order valence-corrected chi connectivity index (χ4v) is 2.20. The topological polar surface area (TPSA) is 47.6 Å². The third-order valence-electron chi connectivity index (χ3n) is 3.33. The minimum atomic E-state index is -0.775. The average molecular weight is 335 g/mol. The molecule has 0 fully saturated rings. The lowest BCUT2D eigenvalue weighted by Gasteiger charge is -2.16. The number of rotatable bonds is 7. The summed E-state index contributed by atoms with van der Waals surface area (Å²) in [5.41, 5.74) is 0.773. The summed E-state index contributed by atoms with van der Waals surface area (Å²) >= 11 is 0. The molecule has 0 aliphatic carbocycles. The van der Waals surface area contributed by atoms with Crippen molar-refractivity contribution in [3.05, 3.63) is 59.7 Å². The second-order valence-corrected chi connectivity index (χ2v) is 5.34. The van der Waals surface area contributed by atoms with Crippen LogP contribution in [0.4, 0.5) is 8.78 Å². The van der Waals surface area contributed by atoms with Gasteiger partial charge in [-0.1, -0.05) is 18.2 Å². The monoisotopic (exact) mass is 335 g/mol. The molecule has 24 heavy (non-hydrogen) atoms. The summed E-state index contributed by atoms with van der Waals surface area (Å²) in [6.45, 7) is 1.81. The molecule has 1 atom stereocenters. The van der Waals surface area contributed by atoms with Crippen LogP contribution in [0.2, 0.25) is 0 Å².